The highest BCUT2D eigenvalue weighted by molar-refractivity contribution is 7.09. The quantitative estimate of drug-likeness (QED) is 0.851. The topological polar surface area (TPSA) is 63.8 Å². The number of nitrogens with two attached hydrogens (primary N) is 1. The van der Waals surface area contributed by atoms with Gasteiger partial charge in [0.2, 0.25) is 0 Å². The minimum absolute atomic E-state index is 0.524. The molecule has 0 unspecified atom stereocenters. The molecule has 0 saturated carbocycles. The lowest BCUT2D eigenvalue weighted by Gasteiger charge is -1.98. The first-order chi connectivity index (χ1) is 7.78. The highest BCUT2D eigenvalue weighted by atomic mass is 32.1. The van der Waals surface area contributed by atoms with Gasteiger partial charge in [-0.2, -0.15) is 0 Å². The largest absolute Gasteiger partial charge is 0.325 e. The molecule has 0 aliphatic heterocycles. The van der Waals surface area contributed by atoms with Gasteiger partial charge in [-0.15, -0.1) is 22.7 Å². The number of aryl methyl sites for hydroxylation is 1. The number of nitrogens with zero attached hydrogens (tertiary/aromatic N) is 2. The summed E-state index contributed by atoms with van der Waals surface area (Å²) in [4.78, 5) is 8.76. The van der Waals surface area contributed by atoms with Crippen molar-refractivity contribution in [2.75, 3.05) is 0 Å². The summed E-state index contributed by atoms with van der Waals surface area (Å²) in [6, 6.07) is 0. The van der Waals surface area contributed by atoms with E-state index in [1.807, 2.05) is 12.3 Å². The van der Waals surface area contributed by atoms with Gasteiger partial charge in [0, 0.05) is 30.4 Å². The second-order valence-electron chi connectivity index (χ2n) is 3.40. The van der Waals surface area contributed by atoms with Crippen molar-refractivity contribution >= 4 is 22.7 Å². The van der Waals surface area contributed by atoms with Gasteiger partial charge in [-0.1, -0.05) is 0 Å². The van der Waals surface area contributed by atoms with Crippen molar-refractivity contribution in [3.8, 4) is 0 Å². The molecular weight excluding hydrogens is 240 g/mol. The summed E-state index contributed by atoms with van der Waals surface area (Å²) in [6.07, 6.45) is 0. The molecule has 3 N–H and O–H groups in total. The maximum absolute atomic E-state index is 5.50. The van der Waals surface area contributed by atoms with E-state index in [1.165, 1.54) is 0 Å². The Morgan fingerprint density at radius 1 is 1.19 bits per heavy atom. The molecule has 4 nitrogen and oxygen atoms in total. The smallest absolute Gasteiger partial charge is 0.106 e. The highest BCUT2D eigenvalue weighted by Crippen LogP contribution is 2.10. The van der Waals surface area contributed by atoms with Crippen molar-refractivity contribution in [3.63, 3.8) is 0 Å². The predicted octanol–water partition coefficient (Wildman–Crippen LogP) is 1.66. The maximum Gasteiger partial charge on any atom is 0.106 e. The minimum Gasteiger partial charge on any atom is -0.325 e. The summed E-state index contributed by atoms with van der Waals surface area (Å²) in [7, 11) is 0. The van der Waals surface area contributed by atoms with Crippen LogP contribution in [0, 0.1) is 6.92 Å². The van der Waals surface area contributed by atoms with E-state index in [9.17, 15) is 0 Å². The van der Waals surface area contributed by atoms with Gasteiger partial charge in [-0.3, -0.25) is 0 Å². The fraction of sp³-hybridized carbons (Fsp3) is 0.400. The number of rotatable bonds is 5. The van der Waals surface area contributed by atoms with Crippen LogP contribution in [0.25, 0.3) is 0 Å². The van der Waals surface area contributed by atoms with Crippen molar-refractivity contribution < 1.29 is 0 Å². The molecule has 0 bridgehead atoms. The lowest BCUT2D eigenvalue weighted by molar-refractivity contribution is 0.670. The molecule has 0 saturated heterocycles. The molecule has 0 aliphatic rings. The zero-order chi connectivity index (χ0) is 11.4. The average Bonchev–Trinajstić information content (AvgIpc) is 2.88. The van der Waals surface area contributed by atoms with Crippen LogP contribution < -0.4 is 11.1 Å². The molecule has 16 heavy (non-hydrogen) atoms. The fourth-order valence-corrected chi connectivity index (χ4v) is 2.62. The Hall–Kier alpha value is -0.820. The standard InChI is InChI=1S/C10H14N4S2/c1-7-13-8(5-15-7)3-12-4-9-6-16-10(2-11)14-9/h5-6,12H,2-4,11H2,1H3. The maximum atomic E-state index is 5.50. The van der Waals surface area contributed by atoms with E-state index < -0.39 is 0 Å². The third kappa shape index (κ3) is 3.08. The number of hydrogen-bond donors (Lipinski definition) is 2. The van der Waals surface area contributed by atoms with Crippen LogP contribution in [0.1, 0.15) is 21.4 Å². The molecule has 0 atom stereocenters. The first-order valence-corrected chi connectivity index (χ1v) is 6.79. The van der Waals surface area contributed by atoms with Gasteiger partial charge in [0.05, 0.1) is 16.4 Å². The number of hydrogen-bond acceptors (Lipinski definition) is 6. The Kier molecular flexibility index (Phi) is 4.00. The highest BCUT2D eigenvalue weighted by Gasteiger charge is 2.01. The van der Waals surface area contributed by atoms with Crippen LogP contribution in [-0.2, 0) is 19.6 Å². The average molecular weight is 254 g/mol. The van der Waals surface area contributed by atoms with Crippen LogP contribution in [0.2, 0.25) is 0 Å². The second kappa shape index (κ2) is 5.49. The summed E-state index contributed by atoms with van der Waals surface area (Å²) in [5.74, 6) is 0. The van der Waals surface area contributed by atoms with Gasteiger partial charge in [0.1, 0.15) is 5.01 Å². The molecule has 2 aromatic rings. The molecule has 0 amide bonds. The molecule has 6 heteroatoms. The van der Waals surface area contributed by atoms with Crippen LogP contribution in [-0.4, -0.2) is 9.97 Å². The van der Waals surface area contributed by atoms with E-state index in [2.05, 4.69) is 20.7 Å². The third-order valence-electron chi connectivity index (χ3n) is 2.05. The van der Waals surface area contributed by atoms with Crippen LogP contribution >= 0.6 is 22.7 Å². The first kappa shape index (κ1) is 11.7. The Balaban J connectivity index is 1.79. The van der Waals surface area contributed by atoms with Crippen LogP contribution in [0.15, 0.2) is 10.8 Å². The van der Waals surface area contributed by atoms with E-state index in [4.69, 9.17) is 5.73 Å². The normalized spacial score (nSPS) is 10.9. The molecule has 0 aromatic carbocycles. The number of thiazole rings is 2. The van der Waals surface area contributed by atoms with E-state index in [1.54, 1.807) is 22.7 Å². The van der Waals surface area contributed by atoms with E-state index in [0.29, 0.717) is 6.54 Å². The molecule has 86 valence electrons. The number of nitrogens with one attached hydrogen (secondary N) is 1. The Labute approximate surface area is 103 Å². The molecule has 2 heterocycles. The zero-order valence-corrected chi connectivity index (χ0v) is 10.7. The molecule has 0 aliphatic carbocycles. The Bertz CT molecular complexity index is 449. The lowest BCUT2D eigenvalue weighted by atomic mass is 10.4. The summed E-state index contributed by atoms with van der Waals surface area (Å²) in [5.41, 5.74) is 7.65. The van der Waals surface area contributed by atoms with Crippen molar-refractivity contribution in [3.05, 3.63) is 32.2 Å². The molecule has 2 rings (SSSR count). The summed E-state index contributed by atoms with van der Waals surface area (Å²) in [6.45, 7) is 4.10. The van der Waals surface area contributed by atoms with Crippen LogP contribution in [0.3, 0.4) is 0 Å². The van der Waals surface area contributed by atoms with E-state index >= 15 is 0 Å². The Morgan fingerprint density at radius 2 is 1.88 bits per heavy atom. The summed E-state index contributed by atoms with van der Waals surface area (Å²) >= 11 is 3.29. The van der Waals surface area contributed by atoms with E-state index in [-0.39, 0.29) is 0 Å². The molecule has 2 aromatic heterocycles. The predicted molar refractivity (Wildman–Crippen MR) is 67.4 cm³/mol. The van der Waals surface area contributed by atoms with Gasteiger partial charge in [-0.25, -0.2) is 9.97 Å². The zero-order valence-electron chi connectivity index (χ0n) is 9.06. The van der Waals surface area contributed by atoms with Gasteiger partial charge < -0.3 is 11.1 Å². The summed E-state index contributed by atoms with van der Waals surface area (Å²) in [5, 5.41) is 9.53. The lowest BCUT2D eigenvalue weighted by Crippen LogP contribution is -2.13. The van der Waals surface area contributed by atoms with E-state index in [0.717, 1.165) is 34.5 Å². The van der Waals surface area contributed by atoms with Gasteiger partial charge >= 0.3 is 0 Å². The molecule has 0 spiro atoms. The van der Waals surface area contributed by atoms with Crippen molar-refractivity contribution in [2.45, 2.75) is 26.6 Å². The first-order valence-electron chi connectivity index (χ1n) is 5.03. The molecular formula is C10H14N4S2. The SMILES string of the molecule is Cc1nc(CNCc2csc(CN)n2)cs1. The van der Waals surface area contributed by atoms with Gasteiger partial charge in [0.25, 0.3) is 0 Å². The Morgan fingerprint density at radius 3 is 2.44 bits per heavy atom. The fourth-order valence-electron chi connectivity index (χ4n) is 1.33. The van der Waals surface area contributed by atoms with Crippen LogP contribution in [0.4, 0.5) is 0 Å². The third-order valence-corrected chi connectivity index (χ3v) is 3.80. The molecule has 0 fully saturated rings. The second-order valence-corrected chi connectivity index (χ2v) is 5.40. The van der Waals surface area contributed by atoms with Crippen molar-refractivity contribution in [1.29, 1.82) is 0 Å². The van der Waals surface area contributed by atoms with Crippen molar-refractivity contribution in [2.24, 2.45) is 5.73 Å². The van der Waals surface area contributed by atoms with Gasteiger partial charge in [-0.05, 0) is 6.92 Å². The summed E-state index contributed by atoms with van der Waals surface area (Å²) < 4.78 is 0. The van der Waals surface area contributed by atoms with Crippen molar-refractivity contribution in [1.82, 2.24) is 15.3 Å². The monoisotopic (exact) mass is 254 g/mol. The molecule has 0 radical (unpaired) electrons. The number of aromatic nitrogens is 2. The minimum atomic E-state index is 0.524. The van der Waals surface area contributed by atoms with Gasteiger partial charge in [0.15, 0.2) is 0 Å². The van der Waals surface area contributed by atoms with Crippen LogP contribution in [0.5, 0.6) is 0 Å².